The molecule has 0 atom stereocenters. The fraction of sp³-hybridized carbons (Fsp3) is 0.533. The van der Waals surface area contributed by atoms with E-state index in [4.69, 9.17) is 0 Å². The van der Waals surface area contributed by atoms with E-state index in [0.717, 1.165) is 16.7 Å². The van der Waals surface area contributed by atoms with Crippen molar-refractivity contribution in [2.45, 2.75) is 33.3 Å². The fourth-order valence-electron chi connectivity index (χ4n) is 2.43. The van der Waals surface area contributed by atoms with Gasteiger partial charge in [0.25, 0.3) is 5.91 Å². The Morgan fingerprint density at radius 3 is 2.22 bits per heavy atom. The summed E-state index contributed by atoms with van der Waals surface area (Å²) in [6.07, 6.45) is 0. The van der Waals surface area contributed by atoms with Crippen LogP contribution >= 0.6 is 0 Å². The van der Waals surface area contributed by atoms with E-state index in [1.807, 2.05) is 45.9 Å². The number of rotatable bonds is 2. The van der Waals surface area contributed by atoms with E-state index in [2.05, 4.69) is 0 Å². The highest BCUT2D eigenvalue weighted by Gasteiger charge is 2.46. The van der Waals surface area contributed by atoms with Gasteiger partial charge in [-0.05, 0) is 30.9 Å². The van der Waals surface area contributed by atoms with E-state index in [0.29, 0.717) is 13.1 Å². The van der Waals surface area contributed by atoms with Crippen LogP contribution in [0.4, 0.5) is 0 Å². The van der Waals surface area contributed by atoms with Gasteiger partial charge in [0.1, 0.15) is 5.60 Å². The zero-order chi connectivity index (χ0) is 13.5. The molecule has 1 fully saturated rings. The zero-order valence-electron chi connectivity index (χ0n) is 11.5. The number of nitrogens with zero attached hydrogens (tertiary/aromatic N) is 1. The average Bonchev–Trinajstić information content (AvgIpc) is 2.23. The van der Waals surface area contributed by atoms with Crippen LogP contribution in [0.25, 0.3) is 0 Å². The fourth-order valence-corrected chi connectivity index (χ4v) is 2.43. The molecule has 3 heteroatoms. The van der Waals surface area contributed by atoms with E-state index < -0.39 is 5.60 Å². The first-order valence-corrected chi connectivity index (χ1v) is 6.43. The molecule has 0 aromatic heterocycles. The number of hydrogen-bond donors (Lipinski definition) is 1. The van der Waals surface area contributed by atoms with Crippen molar-refractivity contribution in [1.29, 1.82) is 0 Å². The Kier molecular flexibility index (Phi) is 3.20. The Morgan fingerprint density at radius 2 is 1.78 bits per heavy atom. The zero-order valence-corrected chi connectivity index (χ0v) is 11.5. The molecule has 1 aromatic carbocycles. The molecule has 0 radical (unpaired) electrons. The van der Waals surface area contributed by atoms with Crippen LogP contribution in [-0.2, 0) is 0 Å². The summed E-state index contributed by atoms with van der Waals surface area (Å²) in [4.78, 5) is 14.1. The van der Waals surface area contributed by atoms with Gasteiger partial charge in [0.2, 0.25) is 0 Å². The van der Waals surface area contributed by atoms with Crippen molar-refractivity contribution in [2.75, 3.05) is 13.1 Å². The molecule has 1 aliphatic rings. The summed E-state index contributed by atoms with van der Waals surface area (Å²) in [6.45, 7) is 8.76. The highest BCUT2D eigenvalue weighted by molar-refractivity contribution is 5.97. The quantitative estimate of drug-likeness (QED) is 0.870. The van der Waals surface area contributed by atoms with E-state index in [9.17, 15) is 9.90 Å². The SMILES string of the molecule is Cc1cccc(C)c1C(=O)N1CC(O)(C(C)C)C1. The molecule has 98 valence electrons. The molecule has 0 aliphatic carbocycles. The third kappa shape index (κ3) is 2.03. The molecule has 0 unspecified atom stereocenters. The van der Waals surface area contributed by atoms with Gasteiger partial charge >= 0.3 is 0 Å². The maximum Gasteiger partial charge on any atom is 0.254 e. The summed E-state index contributed by atoms with van der Waals surface area (Å²) < 4.78 is 0. The largest absolute Gasteiger partial charge is 0.386 e. The number of likely N-dealkylation sites (tertiary alicyclic amines) is 1. The molecular formula is C15H21NO2. The van der Waals surface area contributed by atoms with Gasteiger partial charge in [0.05, 0.1) is 13.1 Å². The van der Waals surface area contributed by atoms with E-state index in [1.54, 1.807) is 4.90 Å². The van der Waals surface area contributed by atoms with Gasteiger partial charge in [0.15, 0.2) is 0 Å². The molecule has 1 amide bonds. The van der Waals surface area contributed by atoms with Gasteiger partial charge in [-0.2, -0.15) is 0 Å². The van der Waals surface area contributed by atoms with Crippen molar-refractivity contribution in [3.8, 4) is 0 Å². The van der Waals surface area contributed by atoms with Gasteiger partial charge in [-0.1, -0.05) is 32.0 Å². The Balaban J connectivity index is 2.16. The highest BCUT2D eigenvalue weighted by atomic mass is 16.3. The smallest absolute Gasteiger partial charge is 0.254 e. The second-order valence-electron chi connectivity index (χ2n) is 5.69. The predicted molar refractivity (Wildman–Crippen MR) is 71.6 cm³/mol. The lowest BCUT2D eigenvalue weighted by Crippen LogP contribution is -2.66. The van der Waals surface area contributed by atoms with Gasteiger partial charge < -0.3 is 10.0 Å². The molecule has 0 saturated carbocycles. The number of hydrogen-bond acceptors (Lipinski definition) is 2. The number of amides is 1. The third-order valence-electron chi connectivity index (χ3n) is 3.99. The first-order valence-electron chi connectivity index (χ1n) is 6.43. The van der Waals surface area contributed by atoms with Crippen molar-refractivity contribution >= 4 is 5.91 Å². The first kappa shape index (κ1) is 13.1. The van der Waals surface area contributed by atoms with Crippen LogP contribution in [0.2, 0.25) is 0 Å². The topological polar surface area (TPSA) is 40.5 Å². The number of β-amino-alcohol motifs (C(OH)–C–C–N with tert-alkyl or cyclic N) is 1. The summed E-state index contributed by atoms with van der Waals surface area (Å²) in [5, 5.41) is 10.2. The molecular weight excluding hydrogens is 226 g/mol. The second-order valence-corrected chi connectivity index (χ2v) is 5.69. The number of benzene rings is 1. The molecule has 1 heterocycles. The number of aryl methyl sites for hydroxylation is 2. The second kappa shape index (κ2) is 4.39. The Labute approximate surface area is 108 Å². The van der Waals surface area contributed by atoms with Crippen molar-refractivity contribution in [1.82, 2.24) is 4.90 Å². The van der Waals surface area contributed by atoms with Crippen LogP contribution in [0.5, 0.6) is 0 Å². The van der Waals surface area contributed by atoms with Crippen LogP contribution in [-0.4, -0.2) is 34.6 Å². The van der Waals surface area contributed by atoms with Gasteiger partial charge in [-0.25, -0.2) is 0 Å². The van der Waals surface area contributed by atoms with Crippen LogP contribution in [0.15, 0.2) is 18.2 Å². The summed E-state index contributed by atoms with van der Waals surface area (Å²) in [7, 11) is 0. The molecule has 1 saturated heterocycles. The molecule has 0 bridgehead atoms. The lowest BCUT2D eigenvalue weighted by Gasteiger charge is -2.49. The predicted octanol–water partition coefficient (Wildman–Crippen LogP) is 2.15. The number of carbonyl (C=O) groups is 1. The van der Waals surface area contributed by atoms with Crippen LogP contribution in [0.1, 0.15) is 35.3 Å². The molecule has 2 rings (SSSR count). The molecule has 3 nitrogen and oxygen atoms in total. The minimum Gasteiger partial charge on any atom is -0.386 e. The minimum atomic E-state index is -0.702. The monoisotopic (exact) mass is 247 g/mol. The third-order valence-corrected chi connectivity index (χ3v) is 3.99. The summed E-state index contributed by atoms with van der Waals surface area (Å²) in [5.41, 5.74) is 2.08. The molecule has 0 spiro atoms. The van der Waals surface area contributed by atoms with Crippen molar-refractivity contribution in [3.63, 3.8) is 0 Å². The Hall–Kier alpha value is -1.35. The van der Waals surface area contributed by atoms with E-state index in [-0.39, 0.29) is 11.8 Å². The molecule has 1 aromatic rings. The van der Waals surface area contributed by atoms with Crippen LogP contribution in [0, 0.1) is 19.8 Å². The maximum absolute atomic E-state index is 12.4. The Bertz CT molecular complexity index is 453. The lowest BCUT2D eigenvalue weighted by atomic mass is 9.82. The van der Waals surface area contributed by atoms with Crippen LogP contribution < -0.4 is 0 Å². The van der Waals surface area contributed by atoms with E-state index in [1.165, 1.54) is 0 Å². The Morgan fingerprint density at radius 1 is 1.28 bits per heavy atom. The van der Waals surface area contributed by atoms with Gasteiger partial charge in [-0.3, -0.25) is 4.79 Å². The minimum absolute atomic E-state index is 0.0379. The van der Waals surface area contributed by atoms with Crippen molar-refractivity contribution in [3.05, 3.63) is 34.9 Å². The van der Waals surface area contributed by atoms with E-state index >= 15 is 0 Å². The van der Waals surface area contributed by atoms with Gasteiger partial charge in [-0.15, -0.1) is 0 Å². The summed E-state index contributed by atoms with van der Waals surface area (Å²) in [5.74, 6) is 0.218. The lowest BCUT2D eigenvalue weighted by molar-refractivity contribution is -0.110. The summed E-state index contributed by atoms with van der Waals surface area (Å²) in [6, 6.07) is 5.87. The summed E-state index contributed by atoms with van der Waals surface area (Å²) >= 11 is 0. The first-order chi connectivity index (χ1) is 8.35. The molecule has 18 heavy (non-hydrogen) atoms. The van der Waals surface area contributed by atoms with Crippen molar-refractivity contribution in [2.24, 2.45) is 5.92 Å². The van der Waals surface area contributed by atoms with Gasteiger partial charge in [0, 0.05) is 5.56 Å². The molecule has 1 aliphatic heterocycles. The van der Waals surface area contributed by atoms with Crippen LogP contribution in [0.3, 0.4) is 0 Å². The highest BCUT2D eigenvalue weighted by Crippen LogP contribution is 2.30. The standard InChI is InChI=1S/C15H21NO2/c1-10(2)15(18)8-16(9-15)14(17)13-11(3)6-5-7-12(13)4/h5-7,10,18H,8-9H2,1-4H3. The average molecular weight is 247 g/mol. The number of aliphatic hydroxyl groups is 1. The maximum atomic E-state index is 12.4. The molecule has 1 N–H and O–H groups in total. The normalized spacial score (nSPS) is 17.8. The number of carbonyl (C=O) groups excluding carboxylic acids is 1. The van der Waals surface area contributed by atoms with Crippen molar-refractivity contribution < 1.29 is 9.90 Å².